The third-order valence-electron chi connectivity index (χ3n) is 1.08. The smallest absolute Gasteiger partial charge is 0.379 e. The molecule has 1 aromatic carbocycles. The summed E-state index contributed by atoms with van der Waals surface area (Å²) < 4.78 is 11.2. The van der Waals surface area contributed by atoms with E-state index in [4.69, 9.17) is 0 Å². The van der Waals surface area contributed by atoms with E-state index >= 15 is 0 Å². The number of benzene rings is 1. The zero-order valence-corrected chi connectivity index (χ0v) is 7.08. The summed E-state index contributed by atoms with van der Waals surface area (Å²) in [6.07, 6.45) is 0. The molecule has 0 bridgehead atoms. The van der Waals surface area contributed by atoms with Crippen LogP contribution in [0.25, 0.3) is 0 Å². The van der Waals surface area contributed by atoms with Gasteiger partial charge >= 0.3 is 5.97 Å². The van der Waals surface area contributed by atoms with E-state index in [-0.39, 0.29) is 27.5 Å². The molecule has 0 aliphatic rings. The number of carbonyl (C=O) groups is 1. The molecule has 1 rings (SSSR count). The van der Waals surface area contributed by atoms with Gasteiger partial charge in [-0.05, 0) is 12.1 Å². The van der Waals surface area contributed by atoms with Crippen molar-refractivity contribution in [2.24, 2.45) is 0 Å². The fourth-order valence-electron chi connectivity index (χ4n) is 0.619. The summed E-state index contributed by atoms with van der Waals surface area (Å²) in [6.45, 7) is 0. The van der Waals surface area contributed by atoms with Crippen LogP contribution < -0.4 is 0 Å². The molecule has 8 N–H and O–H groups in total. The molecule has 0 saturated carbocycles. The molecule has 0 radical (unpaired) electrons. The van der Waals surface area contributed by atoms with E-state index in [0.29, 0.717) is 0 Å². The molecule has 7 heteroatoms. The predicted molar refractivity (Wildman–Crippen MR) is 47.4 cm³/mol. The Kier molecular flexibility index (Phi) is 18.7. The molecule has 0 unspecified atom stereocenters. The van der Waals surface area contributed by atoms with Gasteiger partial charge in [0.25, 0.3) is 0 Å². The third kappa shape index (κ3) is 6.03. The third-order valence-corrected chi connectivity index (χ3v) is 1.08. The van der Waals surface area contributed by atoms with Crippen molar-refractivity contribution in [1.82, 2.24) is 0 Å². The SMILES string of the molecule is O.O.O.O.O=C(OF)c1ccccc1. The molecule has 0 aliphatic heterocycles. The predicted octanol–water partition coefficient (Wildman–Crippen LogP) is -1.57. The fourth-order valence-corrected chi connectivity index (χ4v) is 0.619. The first kappa shape index (κ1) is 22.9. The van der Waals surface area contributed by atoms with Crippen LogP contribution in [0.3, 0.4) is 0 Å². The van der Waals surface area contributed by atoms with Gasteiger partial charge in [0.2, 0.25) is 0 Å². The molecule has 14 heavy (non-hydrogen) atoms. The Balaban J connectivity index is -0.000000125. The van der Waals surface area contributed by atoms with Crippen LogP contribution in [-0.4, -0.2) is 27.9 Å². The maximum atomic E-state index is 11.2. The van der Waals surface area contributed by atoms with Crippen molar-refractivity contribution in [3.8, 4) is 0 Å². The van der Waals surface area contributed by atoms with Gasteiger partial charge in [0.15, 0.2) is 0 Å². The summed E-state index contributed by atoms with van der Waals surface area (Å²) in [5.74, 6) is -0.958. The Labute approximate surface area is 79.1 Å². The van der Waals surface area contributed by atoms with Crippen LogP contribution in [0.4, 0.5) is 4.53 Å². The fraction of sp³-hybridized carbons (Fsp3) is 0. The Morgan fingerprint density at radius 3 is 1.79 bits per heavy atom. The largest absolute Gasteiger partial charge is 0.412 e. The van der Waals surface area contributed by atoms with E-state index in [0.717, 1.165) is 0 Å². The van der Waals surface area contributed by atoms with Gasteiger partial charge in [0.1, 0.15) is 0 Å². The lowest BCUT2D eigenvalue weighted by molar-refractivity contribution is -0.0788. The minimum absolute atomic E-state index is 0. The molecule has 0 amide bonds. The van der Waals surface area contributed by atoms with Crippen LogP contribution in [0.1, 0.15) is 10.4 Å². The molecule has 84 valence electrons. The van der Waals surface area contributed by atoms with Crippen LogP contribution in [0.5, 0.6) is 0 Å². The summed E-state index contributed by atoms with van der Waals surface area (Å²) >= 11 is 0. The van der Waals surface area contributed by atoms with Crippen molar-refractivity contribution in [2.45, 2.75) is 0 Å². The lowest BCUT2D eigenvalue weighted by Crippen LogP contribution is -1.96. The minimum atomic E-state index is -0.958. The van der Waals surface area contributed by atoms with E-state index in [1.807, 2.05) is 0 Å². The molecule has 0 saturated heterocycles. The standard InChI is InChI=1S/C7H5FO2.4H2O/c8-10-7(9)6-4-2-1-3-5-6;;;;/h1-5H;4*1H2. The summed E-state index contributed by atoms with van der Waals surface area (Å²) in [5.41, 5.74) is 0.213. The first-order chi connectivity index (χ1) is 4.84. The second-order valence-corrected chi connectivity index (χ2v) is 1.73. The van der Waals surface area contributed by atoms with Gasteiger partial charge in [-0.3, -0.25) is 0 Å². The monoisotopic (exact) mass is 212 g/mol. The van der Waals surface area contributed by atoms with E-state index in [1.165, 1.54) is 12.1 Å². The van der Waals surface area contributed by atoms with Crippen molar-refractivity contribution >= 4 is 5.97 Å². The molecule has 0 fully saturated rings. The highest BCUT2D eigenvalue weighted by Crippen LogP contribution is 2.00. The molecular weight excluding hydrogens is 199 g/mol. The van der Waals surface area contributed by atoms with Crippen LogP contribution >= 0.6 is 0 Å². The van der Waals surface area contributed by atoms with Crippen LogP contribution in [-0.2, 0) is 4.94 Å². The normalized spacial score (nSPS) is 6.36. The number of halogens is 1. The van der Waals surface area contributed by atoms with Crippen LogP contribution in [0, 0.1) is 0 Å². The molecule has 0 atom stereocenters. The van der Waals surface area contributed by atoms with Gasteiger partial charge < -0.3 is 21.9 Å². The Morgan fingerprint density at radius 1 is 1.00 bits per heavy atom. The maximum absolute atomic E-state index is 11.2. The quantitative estimate of drug-likeness (QED) is 0.551. The zero-order chi connectivity index (χ0) is 7.40. The number of rotatable bonds is 1. The highest BCUT2D eigenvalue weighted by Gasteiger charge is 2.04. The van der Waals surface area contributed by atoms with Gasteiger partial charge in [0, 0.05) is 4.53 Å². The van der Waals surface area contributed by atoms with Gasteiger partial charge in [0.05, 0.1) is 5.56 Å². The molecule has 6 nitrogen and oxygen atoms in total. The summed E-state index contributed by atoms with van der Waals surface area (Å²) in [7, 11) is 0. The average Bonchev–Trinajstić information content (AvgIpc) is 2.05. The summed E-state index contributed by atoms with van der Waals surface area (Å²) in [6, 6.07) is 7.94. The summed E-state index contributed by atoms with van der Waals surface area (Å²) in [5, 5.41) is 0. The first-order valence-electron chi connectivity index (χ1n) is 2.72. The van der Waals surface area contributed by atoms with Gasteiger partial charge in [-0.2, -0.15) is 0 Å². The number of carbonyl (C=O) groups excluding carboxylic acids is 1. The average molecular weight is 212 g/mol. The Hall–Kier alpha value is -1.54. The van der Waals surface area contributed by atoms with Gasteiger partial charge in [-0.15, -0.1) is 0 Å². The molecular formula is C7H13FO6. The first-order valence-corrected chi connectivity index (χ1v) is 2.72. The lowest BCUT2D eigenvalue weighted by Gasteiger charge is -1.90. The second kappa shape index (κ2) is 11.5. The van der Waals surface area contributed by atoms with E-state index < -0.39 is 5.97 Å². The van der Waals surface area contributed by atoms with Crippen molar-refractivity contribution in [3.63, 3.8) is 0 Å². The molecule has 0 aliphatic carbocycles. The van der Waals surface area contributed by atoms with Crippen molar-refractivity contribution in [1.29, 1.82) is 0 Å². The second-order valence-electron chi connectivity index (χ2n) is 1.73. The lowest BCUT2D eigenvalue weighted by atomic mass is 10.2. The minimum Gasteiger partial charge on any atom is -0.412 e. The zero-order valence-electron chi connectivity index (χ0n) is 7.08. The van der Waals surface area contributed by atoms with Crippen LogP contribution in [0.15, 0.2) is 30.3 Å². The molecule has 0 spiro atoms. The van der Waals surface area contributed by atoms with E-state index in [2.05, 4.69) is 4.94 Å². The van der Waals surface area contributed by atoms with E-state index in [9.17, 15) is 9.32 Å². The highest BCUT2D eigenvalue weighted by atomic mass is 19.3. The highest BCUT2D eigenvalue weighted by molar-refractivity contribution is 5.88. The van der Waals surface area contributed by atoms with Gasteiger partial charge in [-0.1, -0.05) is 18.2 Å². The van der Waals surface area contributed by atoms with Crippen LogP contribution in [0.2, 0.25) is 0 Å². The Bertz CT molecular complexity index is 227. The van der Waals surface area contributed by atoms with Crippen molar-refractivity contribution < 1.29 is 36.2 Å². The van der Waals surface area contributed by atoms with Crippen molar-refractivity contribution in [3.05, 3.63) is 35.9 Å². The number of hydrogen-bond acceptors (Lipinski definition) is 2. The van der Waals surface area contributed by atoms with Gasteiger partial charge in [-0.25, -0.2) is 9.74 Å². The molecule has 0 aromatic heterocycles. The maximum Gasteiger partial charge on any atom is 0.379 e. The summed E-state index contributed by atoms with van der Waals surface area (Å²) in [4.78, 5) is 13.4. The van der Waals surface area contributed by atoms with E-state index in [1.54, 1.807) is 18.2 Å². The molecule has 1 aromatic rings. The van der Waals surface area contributed by atoms with Crippen molar-refractivity contribution in [2.75, 3.05) is 0 Å². The Morgan fingerprint density at radius 2 is 1.43 bits per heavy atom. The molecule has 0 heterocycles. The topological polar surface area (TPSA) is 152 Å². The number of hydrogen-bond donors (Lipinski definition) is 0.